The number of ether oxygens (including phenoxy) is 1. The van der Waals surface area contributed by atoms with E-state index in [0.29, 0.717) is 19.5 Å². The number of hydrogen-bond donors (Lipinski definition) is 2. The molecular weight excluding hydrogens is 420 g/mol. The van der Waals surface area contributed by atoms with Gasteiger partial charge in [0.25, 0.3) is 0 Å². The highest BCUT2D eigenvalue weighted by molar-refractivity contribution is 5.72. The standard InChI is InChI=1S/C26H44N2O5/c1-3-4-5-6-7-8-9-10-11-12-13-14-15-16-17-26(20-24(29)30,28-19-18-27-22-28)23(2)33-21-25(31)32/h22-23H,3-15,18-21H2,1-2H3,(H,29,30)(H,31,32). The van der Waals surface area contributed by atoms with E-state index in [4.69, 9.17) is 9.84 Å². The van der Waals surface area contributed by atoms with Crippen molar-refractivity contribution in [3.8, 4) is 11.8 Å². The molecule has 0 aromatic heterocycles. The molecule has 0 aliphatic carbocycles. The predicted molar refractivity (Wildman–Crippen MR) is 132 cm³/mol. The molecule has 7 heteroatoms. The lowest BCUT2D eigenvalue weighted by atomic mass is 9.87. The fraction of sp³-hybridized carbons (Fsp3) is 0.808. The number of hydrogen-bond acceptors (Lipinski definition) is 5. The number of nitrogens with zero attached hydrogens (tertiary/aromatic N) is 2. The average Bonchev–Trinajstić information content (AvgIpc) is 3.32. The van der Waals surface area contributed by atoms with Crippen LogP contribution in [0.5, 0.6) is 0 Å². The van der Waals surface area contributed by atoms with Crippen LogP contribution < -0.4 is 0 Å². The van der Waals surface area contributed by atoms with Crippen LogP contribution in [0, 0.1) is 11.8 Å². The zero-order valence-corrected chi connectivity index (χ0v) is 20.7. The van der Waals surface area contributed by atoms with Gasteiger partial charge in [-0.25, -0.2) is 4.79 Å². The summed E-state index contributed by atoms with van der Waals surface area (Å²) in [5.74, 6) is 4.23. The summed E-state index contributed by atoms with van der Waals surface area (Å²) in [6, 6.07) is 0. The van der Waals surface area contributed by atoms with Crippen molar-refractivity contribution in [1.29, 1.82) is 0 Å². The molecule has 2 unspecified atom stereocenters. The van der Waals surface area contributed by atoms with Gasteiger partial charge in [0.05, 0.1) is 25.4 Å². The quantitative estimate of drug-likeness (QED) is 0.203. The first-order valence-electron chi connectivity index (χ1n) is 12.7. The SMILES string of the molecule is CCCCCCCCCCCCCCC#CC(CC(=O)O)(C(C)OCC(=O)O)N1C=NCC1. The summed E-state index contributed by atoms with van der Waals surface area (Å²) in [5, 5.41) is 18.5. The lowest BCUT2D eigenvalue weighted by molar-refractivity contribution is -0.147. The molecule has 7 nitrogen and oxygen atoms in total. The van der Waals surface area contributed by atoms with Gasteiger partial charge in [-0.1, -0.05) is 83.5 Å². The van der Waals surface area contributed by atoms with Gasteiger partial charge in [0.2, 0.25) is 0 Å². The Kier molecular flexibility index (Phi) is 15.3. The number of carboxylic acid groups (broad SMARTS) is 2. The molecule has 0 saturated carbocycles. The molecule has 2 atom stereocenters. The first-order valence-corrected chi connectivity index (χ1v) is 12.7. The molecule has 2 N–H and O–H groups in total. The summed E-state index contributed by atoms with van der Waals surface area (Å²) >= 11 is 0. The highest BCUT2D eigenvalue weighted by Crippen LogP contribution is 2.27. The number of unbranched alkanes of at least 4 members (excludes halogenated alkanes) is 12. The van der Waals surface area contributed by atoms with Gasteiger partial charge in [0, 0.05) is 13.0 Å². The summed E-state index contributed by atoms with van der Waals surface area (Å²) in [5.41, 5.74) is -1.13. The highest BCUT2D eigenvalue weighted by atomic mass is 16.5. The second-order valence-corrected chi connectivity index (χ2v) is 9.00. The van der Waals surface area contributed by atoms with Crippen LogP contribution in [-0.2, 0) is 14.3 Å². The highest BCUT2D eigenvalue weighted by Gasteiger charge is 2.43. The Labute approximate surface area is 200 Å². The third-order valence-electron chi connectivity index (χ3n) is 6.21. The number of rotatable bonds is 19. The van der Waals surface area contributed by atoms with Gasteiger partial charge in [-0.15, -0.1) is 5.92 Å². The molecule has 0 aromatic carbocycles. The van der Waals surface area contributed by atoms with Gasteiger partial charge in [-0.2, -0.15) is 0 Å². The minimum absolute atomic E-state index is 0.259. The Morgan fingerprint density at radius 3 is 2.06 bits per heavy atom. The molecule has 0 saturated heterocycles. The predicted octanol–water partition coefficient (Wildman–Crippen LogP) is 5.13. The van der Waals surface area contributed by atoms with Crippen LogP contribution in [0.4, 0.5) is 0 Å². The van der Waals surface area contributed by atoms with Crippen LogP contribution in [0.2, 0.25) is 0 Å². The van der Waals surface area contributed by atoms with Gasteiger partial charge < -0.3 is 19.8 Å². The Morgan fingerprint density at radius 1 is 1.00 bits per heavy atom. The molecule has 0 amide bonds. The minimum Gasteiger partial charge on any atom is -0.481 e. The fourth-order valence-corrected chi connectivity index (χ4v) is 4.21. The Hall–Kier alpha value is -2.07. The van der Waals surface area contributed by atoms with Crippen LogP contribution in [0.25, 0.3) is 0 Å². The van der Waals surface area contributed by atoms with E-state index in [1.165, 1.54) is 64.2 Å². The number of carboxylic acids is 2. The van der Waals surface area contributed by atoms with Crippen molar-refractivity contribution in [3.63, 3.8) is 0 Å². The monoisotopic (exact) mass is 464 g/mol. The summed E-state index contributed by atoms with van der Waals surface area (Å²) in [4.78, 5) is 28.6. The molecule has 1 aliphatic heterocycles. The molecule has 0 bridgehead atoms. The molecule has 1 rings (SSSR count). The fourth-order valence-electron chi connectivity index (χ4n) is 4.21. The minimum atomic E-state index is -1.13. The summed E-state index contributed by atoms with van der Waals surface area (Å²) in [7, 11) is 0. The zero-order chi connectivity index (χ0) is 24.4. The van der Waals surface area contributed by atoms with Crippen molar-refractivity contribution >= 4 is 18.3 Å². The van der Waals surface area contributed by atoms with Crippen molar-refractivity contribution in [3.05, 3.63) is 0 Å². The summed E-state index contributed by atoms with van der Waals surface area (Å²) in [6.07, 6.45) is 16.7. The lowest BCUT2D eigenvalue weighted by Gasteiger charge is -2.40. The van der Waals surface area contributed by atoms with Crippen LogP contribution in [0.15, 0.2) is 4.99 Å². The Balaban J connectivity index is 2.46. The summed E-state index contributed by atoms with van der Waals surface area (Å²) in [6.45, 7) is 4.55. The van der Waals surface area contributed by atoms with Gasteiger partial charge in [-0.3, -0.25) is 9.79 Å². The van der Waals surface area contributed by atoms with E-state index in [2.05, 4.69) is 23.8 Å². The average molecular weight is 465 g/mol. The largest absolute Gasteiger partial charge is 0.481 e. The molecule has 0 radical (unpaired) electrons. The first-order chi connectivity index (χ1) is 15.9. The number of carbonyl (C=O) groups is 2. The Bertz CT molecular complexity index is 655. The maximum absolute atomic E-state index is 11.7. The van der Waals surface area contributed by atoms with Crippen LogP contribution in [0.1, 0.15) is 104 Å². The van der Waals surface area contributed by atoms with Gasteiger partial charge in [-0.05, 0) is 13.3 Å². The number of aliphatic imine (C=N–C) groups is 1. The first kappa shape index (κ1) is 29.0. The van der Waals surface area contributed by atoms with Crippen molar-refractivity contribution in [2.75, 3.05) is 19.7 Å². The Morgan fingerprint density at radius 2 is 1.58 bits per heavy atom. The maximum atomic E-state index is 11.7. The smallest absolute Gasteiger partial charge is 0.329 e. The van der Waals surface area contributed by atoms with Crippen molar-refractivity contribution < 1.29 is 24.5 Å². The van der Waals surface area contributed by atoms with Crippen LogP contribution >= 0.6 is 0 Å². The van der Waals surface area contributed by atoms with E-state index >= 15 is 0 Å². The molecule has 188 valence electrons. The zero-order valence-electron chi connectivity index (χ0n) is 20.7. The van der Waals surface area contributed by atoms with Gasteiger partial charge in [0.15, 0.2) is 0 Å². The van der Waals surface area contributed by atoms with Crippen LogP contribution in [-0.4, -0.2) is 64.7 Å². The number of aliphatic carboxylic acids is 2. The summed E-state index contributed by atoms with van der Waals surface area (Å²) < 4.78 is 5.48. The molecule has 0 spiro atoms. The lowest BCUT2D eigenvalue weighted by Crippen LogP contribution is -2.56. The third kappa shape index (κ3) is 12.1. The maximum Gasteiger partial charge on any atom is 0.329 e. The topological polar surface area (TPSA) is 99.4 Å². The molecule has 33 heavy (non-hydrogen) atoms. The van der Waals surface area contributed by atoms with Crippen molar-refractivity contribution in [2.24, 2.45) is 4.99 Å². The van der Waals surface area contributed by atoms with Gasteiger partial charge in [0.1, 0.15) is 12.1 Å². The molecule has 1 aliphatic rings. The van der Waals surface area contributed by atoms with Gasteiger partial charge >= 0.3 is 11.9 Å². The molecule has 0 fully saturated rings. The van der Waals surface area contributed by atoms with Crippen molar-refractivity contribution in [2.45, 2.75) is 115 Å². The van der Waals surface area contributed by atoms with E-state index in [0.717, 1.165) is 12.8 Å². The van der Waals surface area contributed by atoms with Crippen LogP contribution in [0.3, 0.4) is 0 Å². The molecule has 1 heterocycles. The van der Waals surface area contributed by atoms with E-state index in [9.17, 15) is 14.7 Å². The van der Waals surface area contributed by atoms with Crippen molar-refractivity contribution in [1.82, 2.24) is 4.90 Å². The third-order valence-corrected chi connectivity index (χ3v) is 6.21. The normalized spacial score (nSPS) is 15.6. The second-order valence-electron chi connectivity index (χ2n) is 9.00. The van der Waals surface area contributed by atoms with E-state index in [-0.39, 0.29) is 6.42 Å². The molecule has 0 aromatic rings. The second kappa shape index (κ2) is 17.4. The molecular formula is C26H44N2O5. The van der Waals surface area contributed by atoms with E-state index < -0.39 is 30.2 Å². The van der Waals surface area contributed by atoms with E-state index in [1.54, 1.807) is 18.2 Å². The van der Waals surface area contributed by atoms with E-state index in [1.807, 2.05) is 0 Å².